The second-order valence-electron chi connectivity index (χ2n) is 3.97. The van der Waals surface area contributed by atoms with Gasteiger partial charge in [0.25, 0.3) is 0 Å². The molecule has 0 aliphatic rings. The molecule has 16 heavy (non-hydrogen) atoms. The van der Waals surface area contributed by atoms with E-state index in [4.69, 9.17) is 11.6 Å². The summed E-state index contributed by atoms with van der Waals surface area (Å²) in [5.74, 6) is 0. The van der Waals surface area contributed by atoms with Crippen molar-refractivity contribution in [1.82, 2.24) is 14.9 Å². The molecule has 1 rings (SSSR count). The van der Waals surface area contributed by atoms with E-state index in [0.29, 0.717) is 24.2 Å². The molecule has 0 saturated heterocycles. The van der Waals surface area contributed by atoms with Crippen LogP contribution in [0.5, 0.6) is 0 Å². The van der Waals surface area contributed by atoms with Crippen LogP contribution in [0.3, 0.4) is 0 Å². The van der Waals surface area contributed by atoms with Crippen LogP contribution in [0.4, 0.5) is 0 Å². The van der Waals surface area contributed by atoms with Gasteiger partial charge in [-0.15, -0.1) is 0 Å². The Morgan fingerprint density at radius 1 is 1.69 bits per heavy atom. The molecule has 0 aliphatic heterocycles. The van der Waals surface area contributed by atoms with Gasteiger partial charge in [-0.2, -0.15) is 0 Å². The number of nitrogens with zero attached hydrogens (tertiary/aromatic N) is 2. The minimum Gasteiger partial charge on any atom is -0.311 e. The summed E-state index contributed by atoms with van der Waals surface area (Å²) in [6, 6.07) is 0.394. The van der Waals surface area contributed by atoms with Gasteiger partial charge in [-0.25, -0.2) is 9.78 Å². The molecule has 4 nitrogen and oxygen atoms in total. The van der Waals surface area contributed by atoms with Gasteiger partial charge < -0.3 is 5.32 Å². The van der Waals surface area contributed by atoms with Gasteiger partial charge in [0.05, 0.1) is 11.2 Å². The molecular weight excluding hydrogens is 226 g/mol. The number of aromatic nitrogens is 2. The van der Waals surface area contributed by atoms with E-state index in [1.807, 2.05) is 0 Å². The van der Waals surface area contributed by atoms with Crippen LogP contribution in [0.2, 0.25) is 5.02 Å². The lowest BCUT2D eigenvalue weighted by atomic mass is 10.2. The Labute approximate surface area is 100.0 Å². The summed E-state index contributed by atoms with van der Waals surface area (Å²) in [5.41, 5.74) is 0.606. The summed E-state index contributed by atoms with van der Waals surface area (Å²) < 4.78 is 1.45. The maximum Gasteiger partial charge on any atom is 0.347 e. The highest BCUT2D eigenvalue weighted by Crippen LogP contribution is 2.03. The average molecular weight is 242 g/mol. The van der Waals surface area contributed by atoms with Crippen LogP contribution < -0.4 is 11.0 Å². The lowest BCUT2D eigenvalue weighted by molar-refractivity contribution is 0.597. The van der Waals surface area contributed by atoms with Gasteiger partial charge in [-0.3, -0.25) is 4.57 Å². The molecule has 0 bridgehead atoms. The maximum absolute atomic E-state index is 11.4. The van der Waals surface area contributed by atoms with Gasteiger partial charge in [0.2, 0.25) is 0 Å². The molecule has 0 atom stereocenters. The Kier molecular flexibility index (Phi) is 4.71. The van der Waals surface area contributed by atoms with Gasteiger partial charge in [-0.05, 0) is 5.57 Å². The molecule has 0 fully saturated rings. The zero-order valence-electron chi connectivity index (χ0n) is 9.53. The monoisotopic (exact) mass is 241 g/mol. The van der Waals surface area contributed by atoms with E-state index in [1.165, 1.54) is 10.8 Å². The lowest BCUT2D eigenvalue weighted by Crippen LogP contribution is -2.28. The molecule has 0 spiro atoms. The predicted octanol–water partition coefficient (Wildman–Crippen LogP) is 1.45. The minimum atomic E-state index is -0.310. The molecule has 0 amide bonds. The predicted molar refractivity (Wildman–Crippen MR) is 65.8 cm³/mol. The Morgan fingerprint density at radius 2 is 2.38 bits per heavy atom. The van der Waals surface area contributed by atoms with Gasteiger partial charge in [0.1, 0.15) is 0 Å². The number of hydrogen-bond acceptors (Lipinski definition) is 3. The first-order valence-electron chi connectivity index (χ1n) is 5.11. The van der Waals surface area contributed by atoms with Crippen LogP contribution in [-0.4, -0.2) is 22.1 Å². The summed E-state index contributed by atoms with van der Waals surface area (Å²) >= 11 is 5.76. The molecule has 1 heterocycles. The lowest BCUT2D eigenvalue weighted by Gasteiger charge is -2.11. The first-order chi connectivity index (χ1) is 7.49. The summed E-state index contributed by atoms with van der Waals surface area (Å²) in [4.78, 5) is 15.0. The standard InChI is InChI=1S/C11H16ClN3O/c1-8(2)13-4-9(3)6-15-7-10(12)5-14-11(15)16/h5,7-8,13H,3-4,6H2,1-2H3. The zero-order chi connectivity index (χ0) is 12.1. The van der Waals surface area contributed by atoms with Crippen LogP contribution in [0, 0.1) is 0 Å². The normalized spacial score (nSPS) is 10.8. The largest absolute Gasteiger partial charge is 0.347 e. The van der Waals surface area contributed by atoms with Crippen LogP contribution in [0.15, 0.2) is 29.3 Å². The Hall–Kier alpha value is -1.13. The maximum atomic E-state index is 11.4. The average Bonchev–Trinajstić information content (AvgIpc) is 2.20. The van der Waals surface area contributed by atoms with Crippen LogP contribution in [0.25, 0.3) is 0 Å². The van der Waals surface area contributed by atoms with Gasteiger partial charge in [0, 0.05) is 25.3 Å². The van der Waals surface area contributed by atoms with E-state index in [0.717, 1.165) is 5.57 Å². The zero-order valence-corrected chi connectivity index (χ0v) is 10.3. The number of nitrogens with one attached hydrogen (secondary N) is 1. The summed E-state index contributed by atoms with van der Waals surface area (Å²) in [5, 5.41) is 3.68. The number of rotatable bonds is 5. The molecule has 5 heteroatoms. The van der Waals surface area contributed by atoms with Gasteiger partial charge >= 0.3 is 5.69 Å². The molecular formula is C11H16ClN3O. The molecule has 1 aromatic rings. The molecule has 88 valence electrons. The fourth-order valence-corrected chi connectivity index (χ4v) is 1.35. The van der Waals surface area contributed by atoms with Crippen LogP contribution in [0.1, 0.15) is 13.8 Å². The molecule has 0 radical (unpaired) electrons. The van der Waals surface area contributed by atoms with E-state index in [9.17, 15) is 4.79 Å². The first kappa shape index (κ1) is 12.9. The quantitative estimate of drug-likeness (QED) is 0.794. The van der Waals surface area contributed by atoms with Crippen molar-refractivity contribution in [1.29, 1.82) is 0 Å². The van der Waals surface area contributed by atoms with Crippen molar-refractivity contribution in [3.8, 4) is 0 Å². The second-order valence-corrected chi connectivity index (χ2v) is 4.40. The highest BCUT2D eigenvalue weighted by molar-refractivity contribution is 6.30. The molecule has 0 unspecified atom stereocenters. The topological polar surface area (TPSA) is 46.9 Å². The fraction of sp³-hybridized carbons (Fsp3) is 0.455. The Balaban J connectivity index is 2.62. The van der Waals surface area contributed by atoms with E-state index >= 15 is 0 Å². The van der Waals surface area contributed by atoms with Crippen molar-refractivity contribution < 1.29 is 0 Å². The SMILES string of the molecule is C=C(CNC(C)C)Cn1cc(Cl)cnc1=O. The van der Waals surface area contributed by atoms with Crippen molar-refractivity contribution in [2.45, 2.75) is 26.4 Å². The van der Waals surface area contributed by atoms with Crippen molar-refractivity contribution in [2.75, 3.05) is 6.54 Å². The van der Waals surface area contributed by atoms with Crippen molar-refractivity contribution in [2.24, 2.45) is 0 Å². The Morgan fingerprint density at radius 3 is 3.00 bits per heavy atom. The second kappa shape index (κ2) is 5.82. The molecule has 0 aliphatic carbocycles. The highest BCUT2D eigenvalue weighted by Gasteiger charge is 2.01. The number of halogens is 1. The summed E-state index contributed by atoms with van der Waals surface area (Å²) in [6.45, 7) is 9.13. The third-order valence-electron chi connectivity index (χ3n) is 1.98. The Bertz CT molecular complexity index is 425. The van der Waals surface area contributed by atoms with E-state index in [1.54, 1.807) is 6.20 Å². The molecule has 0 aromatic carbocycles. The van der Waals surface area contributed by atoms with Crippen LogP contribution >= 0.6 is 11.6 Å². The van der Waals surface area contributed by atoms with Gasteiger partial charge in [0.15, 0.2) is 0 Å². The highest BCUT2D eigenvalue weighted by atomic mass is 35.5. The van der Waals surface area contributed by atoms with E-state index < -0.39 is 0 Å². The third-order valence-corrected chi connectivity index (χ3v) is 2.17. The smallest absolute Gasteiger partial charge is 0.311 e. The van der Waals surface area contributed by atoms with Gasteiger partial charge in [-0.1, -0.05) is 32.0 Å². The van der Waals surface area contributed by atoms with Crippen molar-refractivity contribution in [3.63, 3.8) is 0 Å². The van der Waals surface area contributed by atoms with Crippen molar-refractivity contribution in [3.05, 3.63) is 40.1 Å². The number of hydrogen-bond donors (Lipinski definition) is 1. The molecule has 1 aromatic heterocycles. The first-order valence-corrected chi connectivity index (χ1v) is 5.49. The molecule has 0 saturated carbocycles. The summed E-state index contributed by atoms with van der Waals surface area (Å²) in [7, 11) is 0. The minimum absolute atomic E-state index is 0.310. The van der Waals surface area contributed by atoms with Crippen molar-refractivity contribution >= 4 is 11.6 Å². The van der Waals surface area contributed by atoms with Crippen LogP contribution in [-0.2, 0) is 6.54 Å². The fourth-order valence-electron chi connectivity index (χ4n) is 1.19. The summed E-state index contributed by atoms with van der Waals surface area (Å²) in [6.07, 6.45) is 2.91. The molecule has 1 N–H and O–H groups in total. The third kappa shape index (κ3) is 4.16. The van der Waals surface area contributed by atoms with E-state index in [2.05, 4.69) is 30.7 Å². The van der Waals surface area contributed by atoms with E-state index in [-0.39, 0.29) is 5.69 Å².